The Morgan fingerprint density at radius 2 is 1.96 bits per heavy atom. The van der Waals surface area contributed by atoms with E-state index in [0.29, 0.717) is 0 Å². The fraction of sp³-hybridized carbons (Fsp3) is 0.273. The zero-order chi connectivity index (χ0) is 18.1. The molecule has 0 saturated heterocycles. The molecule has 0 atom stereocenters. The lowest BCUT2D eigenvalue weighted by Gasteiger charge is -2.16. The van der Waals surface area contributed by atoms with Gasteiger partial charge in [0.15, 0.2) is 6.39 Å². The fourth-order valence-electron chi connectivity index (χ4n) is 3.68. The molecule has 4 heteroatoms. The van der Waals surface area contributed by atoms with E-state index in [4.69, 9.17) is 4.42 Å². The lowest BCUT2D eigenvalue weighted by atomic mass is 9.88. The van der Waals surface area contributed by atoms with Crippen molar-refractivity contribution in [2.24, 2.45) is 0 Å². The van der Waals surface area contributed by atoms with Gasteiger partial charge in [-0.05, 0) is 67.0 Å². The van der Waals surface area contributed by atoms with E-state index >= 15 is 0 Å². The smallest absolute Gasteiger partial charge is 0.251 e. The lowest BCUT2D eigenvalue weighted by molar-refractivity contribution is 0.0956. The van der Waals surface area contributed by atoms with Crippen molar-refractivity contribution in [1.29, 1.82) is 0 Å². The molecule has 0 radical (unpaired) electrons. The maximum atomic E-state index is 12.4. The van der Waals surface area contributed by atoms with Crippen molar-refractivity contribution in [3.05, 3.63) is 76.4 Å². The van der Waals surface area contributed by atoms with Crippen molar-refractivity contribution in [2.75, 3.05) is 6.54 Å². The number of oxazole rings is 1. The highest BCUT2D eigenvalue weighted by Crippen LogP contribution is 2.27. The zero-order valence-electron chi connectivity index (χ0n) is 15.1. The SMILES string of the molecule is Cc1c(Cc2ccc(-c3cocn3)cc2)cc2c(c1C)CCCNC2=O. The molecule has 0 spiro atoms. The molecule has 2 aromatic carbocycles. The summed E-state index contributed by atoms with van der Waals surface area (Å²) in [6, 6.07) is 10.4. The van der Waals surface area contributed by atoms with Crippen LogP contribution in [0.1, 0.15) is 44.6 Å². The third kappa shape index (κ3) is 3.03. The number of nitrogens with zero attached hydrogens (tertiary/aromatic N) is 1. The van der Waals surface area contributed by atoms with Crippen molar-refractivity contribution in [3.63, 3.8) is 0 Å². The first kappa shape index (κ1) is 16.6. The highest BCUT2D eigenvalue weighted by Gasteiger charge is 2.20. The minimum absolute atomic E-state index is 0.0585. The third-order valence-corrected chi connectivity index (χ3v) is 5.35. The summed E-state index contributed by atoms with van der Waals surface area (Å²) >= 11 is 0. The number of carbonyl (C=O) groups is 1. The summed E-state index contributed by atoms with van der Waals surface area (Å²) in [6.45, 7) is 5.06. The molecular weight excluding hydrogens is 324 g/mol. The molecule has 1 aliphatic rings. The quantitative estimate of drug-likeness (QED) is 0.772. The molecule has 0 saturated carbocycles. The van der Waals surface area contributed by atoms with Gasteiger partial charge in [-0.1, -0.05) is 24.3 Å². The van der Waals surface area contributed by atoms with Gasteiger partial charge in [0.05, 0.1) is 0 Å². The lowest BCUT2D eigenvalue weighted by Crippen LogP contribution is -2.23. The third-order valence-electron chi connectivity index (χ3n) is 5.35. The van der Waals surface area contributed by atoms with Crippen LogP contribution in [0.25, 0.3) is 11.3 Å². The van der Waals surface area contributed by atoms with Crippen LogP contribution in [0.2, 0.25) is 0 Å². The van der Waals surface area contributed by atoms with Crippen molar-refractivity contribution in [3.8, 4) is 11.3 Å². The molecule has 2 heterocycles. The van der Waals surface area contributed by atoms with Gasteiger partial charge in [-0.15, -0.1) is 0 Å². The molecule has 0 aliphatic carbocycles. The second-order valence-electron chi connectivity index (χ2n) is 6.92. The van der Waals surface area contributed by atoms with Crippen LogP contribution >= 0.6 is 0 Å². The average Bonchev–Trinajstić information content (AvgIpc) is 3.12. The number of carbonyl (C=O) groups excluding carboxylic acids is 1. The number of fused-ring (bicyclic) bond motifs is 1. The van der Waals surface area contributed by atoms with Crippen LogP contribution in [0.3, 0.4) is 0 Å². The minimum Gasteiger partial charge on any atom is -0.451 e. The van der Waals surface area contributed by atoms with Crippen LogP contribution in [0.5, 0.6) is 0 Å². The Balaban J connectivity index is 1.66. The summed E-state index contributed by atoms with van der Waals surface area (Å²) in [4.78, 5) is 16.6. The molecule has 1 amide bonds. The molecule has 3 aromatic rings. The maximum absolute atomic E-state index is 12.4. The fourth-order valence-corrected chi connectivity index (χ4v) is 3.68. The van der Waals surface area contributed by atoms with Crippen LogP contribution in [-0.4, -0.2) is 17.4 Å². The van der Waals surface area contributed by atoms with Crippen LogP contribution in [0.4, 0.5) is 0 Å². The second-order valence-corrected chi connectivity index (χ2v) is 6.92. The highest BCUT2D eigenvalue weighted by atomic mass is 16.3. The largest absolute Gasteiger partial charge is 0.451 e. The van der Waals surface area contributed by atoms with Gasteiger partial charge in [0.1, 0.15) is 12.0 Å². The van der Waals surface area contributed by atoms with E-state index in [1.807, 2.05) is 0 Å². The van der Waals surface area contributed by atoms with Crippen molar-refractivity contribution < 1.29 is 9.21 Å². The summed E-state index contributed by atoms with van der Waals surface area (Å²) in [6.07, 6.45) is 5.87. The molecule has 4 nitrogen and oxygen atoms in total. The van der Waals surface area contributed by atoms with E-state index in [2.05, 4.69) is 54.5 Å². The van der Waals surface area contributed by atoms with Crippen molar-refractivity contribution >= 4 is 5.91 Å². The predicted octanol–water partition coefficient (Wildman–Crippen LogP) is 4.23. The number of nitrogens with one attached hydrogen (secondary N) is 1. The Bertz CT molecular complexity index is 941. The molecule has 0 unspecified atom stereocenters. The van der Waals surface area contributed by atoms with Crippen LogP contribution in [0, 0.1) is 13.8 Å². The number of amides is 1. The molecule has 1 aromatic heterocycles. The summed E-state index contributed by atoms with van der Waals surface area (Å²) in [7, 11) is 0. The van der Waals surface area contributed by atoms with E-state index < -0.39 is 0 Å². The van der Waals surface area contributed by atoms with Gasteiger partial charge in [0.25, 0.3) is 5.91 Å². The predicted molar refractivity (Wildman–Crippen MR) is 101 cm³/mol. The standard InChI is InChI=1S/C22H22N2O2/c1-14-15(2)19-4-3-9-23-22(25)20(19)11-18(14)10-16-5-7-17(8-6-16)21-12-26-13-24-21/h5-8,11-13H,3-4,9-10H2,1-2H3,(H,23,25). The Morgan fingerprint density at radius 1 is 1.15 bits per heavy atom. The molecule has 4 rings (SSSR count). The highest BCUT2D eigenvalue weighted by molar-refractivity contribution is 5.96. The topological polar surface area (TPSA) is 55.1 Å². The van der Waals surface area contributed by atoms with Gasteiger partial charge in [-0.25, -0.2) is 4.98 Å². The van der Waals surface area contributed by atoms with Gasteiger partial charge >= 0.3 is 0 Å². The van der Waals surface area contributed by atoms with E-state index in [1.165, 1.54) is 34.2 Å². The Morgan fingerprint density at radius 3 is 2.69 bits per heavy atom. The summed E-state index contributed by atoms with van der Waals surface area (Å²) in [5.74, 6) is 0.0585. The average molecular weight is 346 g/mol. The molecule has 0 bridgehead atoms. The van der Waals surface area contributed by atoms with Crippen LogP contribution in [-0.2, 0) is 12.8 Å². The molecule has 1 aliphatic heterocycles. The number of rotatable bonds is 3. The number of aromatic nitrogens is 1. The zero-order valence-corrected chi connectivity index (χ0v) is 15.1. The van der Waals surface area contributed by atoms with Gasteiger partial charge < -0.3 is 9.73 Å². The Kier molecular flexibility index (Phi) is 4.33. The number of hydrogen-bond donors (Lipinski definition) is 1. The second kappa shape index (κ2) is 6.79. The van der Waals surface area contributed by atoms with Gasteiger partial charge in [-0.2, -0.15) is 0 Å². The monoisotopic (exact) mass is 346 g/mol. The normalized spacial score (nSPS) is 13.8. The molecular formula is C22H22N2O2. The van der Waals surface area contributed by atoms with E-state index in [9.17, 15) is 4.79 Å². The summed E-state index contributed by atoms with van der Waals surface area (Å²) < 4.78 is 5.05. The first-order valence-electron chi connectivity index (χ1n) is 9.01. The molecule has 132 valence electrons. The minimum atomic E-state index is 0.0585. The number of benzene rings is 2. The molecule has 0 fully saturated rings. The van der Waals surface area contributed by atoms with Crippen LogP contribution < -0.4 is 5.32 Å². The van der Waals surface area contributed by atoms with E-state index in [-0.39, 0.29) is 5.91 Å². The van der Waals surface area contributed by atoms with Gasteiger partial charge in [0.2, 0.25) is 0 Å². The van der Waals surface area contributed by atoms with E-state index in [0.717, 1.165) is 42.6 Å². The Labute approximate surface area is 153 Å². The number of hydrogen-bond acceptors (Lipinski definition) is 3. The van der Waals surface area contributed by atoms with E-state index in [1.54, 1.807) is 6.26 Å². The first-order chi connectivity index (χ1) is 12.6. The van der Waals surface area contributed by atoms with Gasteiger partial charge in [0, 0.05) is 17.7 Å². The van der Waals surface area contributed by atoms with Crippen LogP contribution in [0.15, 0.2) is 47.4 Å². The van der Waals surface area contributed by atoms with Crippen molar-refractivity contribution in [1.82, 2.24) is 10.3 Å². The summed E-state index contributed by atoms with van der Waals surface area (Å²) in [5.41, 5.74) is 8.92. The molecule has 26 heavy (non-hydrogen) atoms. The summed E-state index contributed by atoms with van der Waals surface area (Å²) in [5, 5.41) is 3.01. The first-order valence-corrected chi connectivity index (χ1v) is 9.01. The molecule has 1 N–H and O–H groups in total. The maximum Gasteiger partial charge on any atom is 0.251 e. The van der Waals surface area contributed by atoms with Crippen molar-refractivity contribution in [2.45, 2.75) is 33.1 Å². The van der Waals surface area contributed by atoms with Gasteiger partial charge in [-0.3, -0.25) is 4.79 Å². The Hall–Kier alpha value is -2.88.